The third kappa shape index (κ3) is 6.10. The quantitative estimate of drug-likeness (QED) is 0.396. The van der Waals surface area contributed by atoms with E-state index in [4.69, 9.17) is 4.52 Å². The molecule has 3 unspecified atom stereocenters. The molecule has 2 rings (SSSR count). The van der Waals surface area contributed by atoms with Gasteiger partial charge >= 0.3 is 8.25 Å². The first-order valence-corrected chi connectivity index (χ1v) is 11.0. The fourth-order valence-electron chi connectivity index (χ4n) is 3.29. The summed E-state index contributed by atoms with van der Waals surface area (Å²) < 4.78 is 16.9. The van der Waals surface area contributed by atoms with Crippen molar-refractivity contribution in [3.05, 3.63) is 64.7 Å². The Morgan fingerprint density at radius 1 is 0.931 bits per heavy atom. The summed E-state index contributed by atoms with van der Waals surface area (Å²) in [7, 11) is -2.82. The molecule has 3 atom stereocenters. The van der Waals surface area contributed by atoms with Crippen molar-refractivity contribution in [2.75, 3.05) is 0 Å². The molecule has 0 spiro atoms. The van der Waals surface area contributed by atoms with Crippen LogP contribution in [-0.2, 0) is 19.9 Å². The first-order valence-electron chi connectivity index (χ1n) is 9.82. The van der Waals surface area contributed by atoms with Crippen molar-refractivity contribution in [1.82, 2.24) is 5.32 Å². The highest BCUT2D eigenvalue weighted by Gasteiger charge is 2.32. The number of benzene rings is 2. The lowest BCUT2D eigenvalue weighted by atomic mass is 9.78. The molecule has 0 heterocycles. The summed E-state index contributed by atoms with van der Waals surface area (Å²) in [5.41, 5.74) is 2.68. The highest BCUT2D eigenvalue weighted by Crippen LogP contribution is 2.42. The molecule has 0 radical (unpaired) electrons. The maximum Gasteiger partial charge on any atom is 0.696 e. The number of aromatic hydroxyl groups is 1. The number of hydrogen-bond donors (Lipinski definition) is 3. The molecule has 0 saturated heterocycles. The van der Waals surface area contributed by atoms with Crippen molar-refractivity contribution >= 4 is 8.25 Å². The Morgan fingerprint density at radius 3 is 1.83 bits per heavy atom. The first kappa shape index (κ1) is 23.5. The van der Waals surface area contributed by atoms with E-state index in [1.807, 2.05) is 90.9 Å². The van der Waals surface area contributed by atoms with E-state index < -0.39 is 14.5 Å². The van der Waals surface area contributed by atoms with Gasteiger partial charge in [-0.15, -0.1) is 4.89 Å². The van der Waals surface area contributed by atoms with Crippen LogP contribution in [0.1, 0.15) is 83.0 Å². The number of phenols is 1. The van der Waals surface area contributed by atoms with Gasteiger partial charge < -0.3 is 5.11 Å². The normalized spacial score (nSPS) is 15.1. The fourth-order valence-corrected chi connectivity index (χ4v) is 3.66. The fraction of sp³-hybridized carbons (Fsp3) is 0.478. The minimum Gasteiger partial charge on any atom is -0.507 e. The van der Waals surface area contributed by atoms with Crippen LogP contribution in [0.15, 0.2) is 42.5 Å². The molecule has 0 amide bonds. The van der Waals surface area contributed by atoms with Crippen LogP contribution in [0.4, 0.5) is 0 Å². The SMILES string of the molecule is CC(NC(O[P+](=O)O)c1cc(C(C)(C)C)c(O)c(C(C)(C)C)c1)c1ccccc1. The van der Waals surface area contributed by atoms with Crippen LogP contribution >= 0.6 is 8.25 Å². The molecule has 158 valence electrons. The second-order valence-corrected chi connectivity index (χ2v) is 10.2. The zero-order chi connectivity index (χ0) is 22.0. The molecule has 0 aromatic heterocycles. The van der Waals surface area contributed by atoms with Gasteiger partial charge in [0.25, 0.3) is 0 Å². The molecule has 2 aromatic rings. The standard InChI is InChI=1S/C23H32NO4P/c1-15(16-11-9-8-10-12-16)24-21(28-29(26)27)17-13-18(22(2,3)4)20(25)19(14-17)23(5,6)7/h8-15,21,24H,1-7H3,(H-,25,26,27)/p+1. The summed E-state index contributed by atoms with van der Waals surface area (Å²) in [6.07, 6.45) is -0.804. The molecule has 0 bridgehead atoms. The van der Waals surface area contributed by atoms with E-state index in [1.165, 1.54) is 0 Å². The van der Waals surface area contributed by atoms with Gasteiger partial charge in [0, 0.05) is 16.2 Å². The van der Waals surface area contributed by atoms with Crippen LogP contribution in [0.3, 0.4) is 0 Å². The average molecular weight is 418 g/mol. The summed E-state index contributed by atoms with van der Waals surface area (Å²) >= 11 is 0. The van der Waals surface area contributed by atoms with Gasteiger partial charge in [0.2, 0.25) is 0 Å². The van der Waals surface area contributed by atoms with Crippen LogP contribution in [0.2, 0.25) is 0 Å². The topological polar surface area (TPSA) is 78.8 Å². The van der Waals surface area contributed by atoms with E-state index in [2.05, 4.69) is 5.32 Å². The highest BCUT2D eigenvalue weighted by atomic mass is 31.1. The number of phenolic OH excluding ortho intramolecular Hbond substituents is 1. The molecular formula is C23H33NO4P+. The lowest BCUT2D eigenvalue weighted by Gasteiger charge is -2.29. The zero-order valence-corrected chi connectivity index (χ0v) is 19.2. The van der Waals surface area contributed by atoms with Gasteiger partial charge in [0.1, 0.15) is 5.75 Å². The molecule has 0 aliphatic carbocycles. The summed E-state index contributed by atoms with van der Waals surface area (Å²) in [6.45, 7) is 14.1. The molecule has 5 nitrogen and oxygen atoms in total. The Hall–Kier alpha value is -1.78. The lowest BCUT2D eigenvalue weighted by Crippen LogP contribution is -2.27. The molecule has 3 N–H and O–H groups in total. The van der Waals surface area contributed by atoms with Crippen LogP contribution in [0.25, 0.3) is 0 Å². The monoisotopic (exact) mass is 418 g/mol. The minimum atomic E-state index is -2.82. The van der Waals surface area contributed by atoms with Crippen LogP contribution in [0.5, 0.6) is 5.75 Å². The van der Waals surface area contributed by atoms with E-state index in [1.54, 1.807) is 0 Å². The van der Waals surface area contributed by atoms with Crippen LogP contribution < -0.4 is 5.32 Å². The molecular weight excluding hydrogens is 385 g/mol. The maximum absolute atomic E-state index is 11.6. The van der Waals surface area contributed by atoms with Gasteiger partial charge in [-0.3, -0.25) is 5.32 Å². The first-order chi connectivity index (χ1) is 13.3. The zero-order valence-electron chi connectivity index (χ0n) is 18.4. The average Bonchev–Trinajstić information content (AvgIpc) is 2.59. The maximum atomic E-state index is 11.6. The summed E-state index contributed by atoms with van der Waals surface area (Å²) in [6, 6.07) is 13.4. The third-order valence-corrected chi connectivity index (χ3v) is 5.34. The van der Waals surface area contributed by atoms with Gasteiger partial charge in [0.05, 0.1) is 0 Å². The summed E-state index contributed by atoms with van der Waals surface area (Å²) in [5.74, 6) is 0.261. The molecule has 0 aliphatic heterocycles. The van der Waals surface area contributed by atoms with Gasteiger partial charge in [0.15, 0.2) is 6.23 Å². The largest absolute Gasteiger partial charge is 0.696 e. The Bertz CT molecular complexity index is 818. The molecule has 29 heavy (non-hydrogen) atoms. The predicted molar refractivity (Wildman–Crippen MR) is 117 cm³/mol. The van der Waals surface area contributed by atoms with E-state index in [9.17, 15) is 14.6 Å². The number of nitrogens with one attached hydrogen (secondary N) is 1. The highest BCUT2D eigenvalue weighted by molar-refractivity contribution is 7.32. The van der Waals surface area contributed by atoms with E-state index in [0.717, 1.165) is 16.7 Å². The predicted octanol–water partition coefficient (Wildman–Crippen LogP) is 6.00. The second-order valence-electron chi connectivity index (χ2n) is 9.49. The van der Waals surface area contributed by atoms with Gasteiger partial charge in [-0.05, 0) is 46.6 Å². The summed E-state index contributed by atoms with van der Waals surface area (Å²) in [4.78, 5) is 9.48. The van der Waals surface area contributed by atoms with Crippen LogP contribution in [-0.4, -0.2) is 10.00 Å². The minimum absolute atomic E-state index is 0.110. The Morgan fingerprint density at radius 2 is 1.41 bits per heavy atom. The number of rotatable bonds is 6. The summed E-state index contributed by atoms with van der Waals surface area (Å²) in [5, 5.41) is 14.2. The molecule has 0 saturated carbocycles. The van der Waals surface area contributed by atoms with Gasteiger partial charge in [-0.2, -0.15) is 0 Å². The van der Waals surface area contributed by atoms with Crippen molar-refractivity contribution in [1.29, 1.82) is 0 Å². The van der Waals surface area contributed by atoms with Crippen LogP contribution in [0, 0.1) is 0 Å². The molecule has 0 fully saturated rings. The van der Waals surface area contributed by atoms with E-state index >= 15 is 0 Å². The third-order valence-electron chi connectivity index (χ3n) is 4.95. The lowest BCUT2D eigenvalue weighted by molar-refractivity contribution is 0.143. The van der Waals surface area contributed by atoms with E-state index in [0.29, 0.717) is 5.56 Å². The van der Waals surface area contributed by atoms with Crippen molar-refractivity contribution in [2.24, 2.45) is 0 Å². The Balaban J connectivity index is 2.56. The van der Waals surface area contributed by atoms with Gasteiger partial charge in [-0.25, -0.2) is 0 Å². The van der Waals surface area contributed by atoms with Crippen molar-refractivity contribution < 1.29 is 19.1 Å². The van der Waals surface area contributed by atoms with Crippen molar-refractivity contribution in [3.8, 4) is 5.75 Å². The molecule has 0 aliphatic rings. The number of hydrogen-bond acceptors (Lipinski definition) is 4. The Kier molecular flexibility index (Phi) is 7.23. The Labute approximate surface area is 175 Å². The van der Waals surface area contributed by atoms with Crippen molar-refractivity contribution in [3.63, 3.8) is 0 Å². The smallest absolute Gasteiger partial charge is 0.507 e. The van der Waals surface area contributed by atoms with E-state index in [-0.39, 0.29) is 22.6 Å². The van der Waals surface area contributed by atoms with Gasteiger partial charge in [-0.1, -0.05) is 76.4 Å². The van der Waals surface area contributed by atoms with Crippen molar-refractivity contribution in [2.45, 2.75) is 71.6 Å². The second kappa shape index (κ2) is 8.93. The molecule has 6 heteroatoms. The molecule has 2 aromatic carbocycles.